The third-order valence-corrected chi connectivity index (χ3v) is 4.38. The molecular formula is C20H23NO. The van der Waals surface area contributed by atoms with Gasteiger partial charge in [-0.15, -0.1) is 0 Å². The monoisotopic (exact) mass is 293 g/mol. The van der Waals surface area contributed by atoms with Gasteiger partial charge in [-0.25, -0.2) is 0 Å². The summed E-state index contributed by atoms with van der Waals surface area (Å²) in [5, 5.41) is 16.6. The van der Waals surface area contributed by atoms with Crippen LogP contribution in [0.5, 0.6) is 0 Å². The smallest absolute Gasteiger partial charge is 0.0870 e. The van der Waals surface area contributed by atoms with E-state index < -0.39 is 6.10 Å². The number of aliphatic hydroxyl groups excluding tert-OH is 1. The van der Waals surface area contributed by atoms with Crippen molar-refractivity contribution in [2.45, 2.75) is 24.9 Å². The van der Waals surface area contributed by atoms with Gasteiger partial charge in [0.2, 0.25) is 0 Å². The standard InChI is InChI=1S/C20H23NO/c1-21-14-19(20(22)16-8-3-2-4-9-16)18-12-11-15-7-5-6-10-17(15)13-18/h2-4,7-13,19-22H,5-6,14H2,1H3/t19-,20-/m0/s1. The van der Waals surface area contributed by atoms with Crippen LogP contribution in [-0.4, -0.2) is 18.7 Å². The summed E-state index contributed by atoms with van der Waals surface area (Å²) in [6.07, 6.45) is 6.32. The summed E-state index contributed by atoms with van der Waals surface area (Å²) >= 11 is 0. The number of nitrogens with one attached hydrogen (secondary N) is 1. The molecule has 1 aliphatic rings. The van der Waals surface area contributed by atoms with Crippen LogP contribution >= 0.6 is 0 Å². The van der Waals surface area contributed by atoms with E-state index in [0.717, 1.165) is 24.9 Å². The first-order chi connectivity index (χ1) is 10.8. The SMILES string of the molecule is CNC[C@@H](c1ccc2c(c1)=CCCC=2)[C@@H](O)c1ccccc1. The van der Waals surface area contributed by atoms with Crippen molar-refractivity contribution >= 4 is 12.2 Å². The zero-order chi connectivity index (χ0) is 15.4. The highest BCUT2D eigenvalue weighted by Crippen LogP contribution is 2.29. The van der Waals surface area contributed by atoms with Gasteiger partial charge in [0.05, 0.1) is 6.10 Å². The molecule has 2 N–H and O–H groups in total. The van der Waals surface area contributed by atoms with Crippen molar-refractivity contribution in [2.24, 2.45) is 0 Å². The topological polar surface area (TPSA) is 32.3 Å². The highest BCUT2D eigenvalue weighted by atomic mass is 16.3. The quantitative estimate of drug-likeness (QED) is 0.884. The maximum Gasteiger partial charge on any atom is 0.0870 e. The summed E-state index contributed by atoms with van der Waals surface area (Å²) < 4.78 is 0. The van der Waals surface area contributed by atoms with Crippen molar-refractivity contribution < 1.29 is 5.11 Å². The Morgan fingerprint density at radius 2 is 1.68 bits per heavy atom. The molecule has 0 fully saturated rings. The number of fused-ring (bicyclic) bond motifs is 1. The van der Waals surface area contributed by atoms with Crippen LogP contribution < -0.4 is 15.8 Å². The van der Waals surface area contributed by atoms with Gasteiger partial charge in [0.15, 0.2) is 0 Å². The molecule has 1 aliphatic carbocycles. The number of benzene rings is 2. The van der Waals surface area contributed by atoms with E-state index >= 15 is 0 Å². The minimum Gasteiger partial charge on any atom is -0.388 e. The van der Waals surface area contributed by atoms with Gasteiger partial charge >= 0.3 is 0 Å². The first kappa shape index (κ1) is 15.0. The van der Waals surface area contributed by atoms with Crippen LogP contribution in [0.15, 0.2) is 48.5 Å². The first-order valence-corrected chi connectivity index (χ1v) is 7.97. The molecule has 2 aromatic carbocycles. The van der Waals surface area contributed by atoms with Gasteiger partial charge in [-0.05, 0) is 41.5 Å². The van der Waals surface area contributed by atoms with Crippen LogP contribution in [0, 0.1) is 0 Å². The van der Waals surface area contributed by atoms with E-state index in [1.807, 2.05) is 37.4 Å². The van der Waals surface area contributed by atoms with Gasteiger partial charge in [0.1, 0.15) is 0 Å². The van der Waals surface area contributed by atoms with Crippen molar-refractivity contribution in [1.82, 2.24) is 5.32 Å². The second-order valence-electron chi connectivity index (χ2n) is 5.89. The highest BCUT2D eigenvalue weighted by molar-refractivity contribution is 5.40. The molecule has 0 unspecified atom stereocenters. The van der Waals surface area contributed by atoms with Gasteiger partial charge in [0.25, 0.3) is 0 Å². The van der Waals surface area contributed by atoms with E-state index in [2.05, 4.69) is 35.7 Å². The third-order valence-electron chi connectivity index (χ3n) is 4.38. The summed E-state index contributed by atoms with van der Waals surface area (Å²) in [4.78, 5) is 0. The molecule has 0 aromatic heterocycles. The molecule has 3 rings (SSSR count). The van der Waals surface area contributed by atoms with Crippen molar-refractivity contribution in [3.05, 3.63) is 70.1 Å². The van der Waals surface area contributed by atoms with E-state index in [-0.39, 0.29) is 5.92 Å². The average Bonchev–Trinajstić information content (AvgIpc) is 2.59. The zero-order valence-electron chi connectivity index (χ0n) is 13.0. The summed E-state index contributed by atoms with van der Waals surface area (Å²) in [6.45, 7) is 0.749. The molecule has 2 atom stereocenters. The maximum absolute atomic E-state index is 10.8. The van der Waals surface area contributed by atoms with E-state index in [9.17, 15) is 5.11 Å². The molecule has 2 heteroatoms. The molecule has 0 heterocycles. The fourth-order valence-corrected chi connectivity index (χ4v) is 3.18. The molecule has 0 saturated carbocycles. The number of rotatable bonds is 5. The lowest BCUT2D eigenvalue weighted by molar-refractivity contribution is 0.144. The number of aliphatic hydroxyl groups is 1. The van der Waals surface area contributed by atoms with E-state index in [1.165, 1.54) is 16.0 Å². The lowest BCUT2D eigenvalue weighted by Crippen LogP contribution is -2.30. The van der Waals surface area contributed by atoms with Crippen LogP contribution in [0.4, 0.5) is 0 Å². The molecule has 0 amide bonds. The van der Waals surface area contributed by atoms with Gasteiger partial charge in [0, 0.05) is 12.5 Å². The van der Waals surface area contributed by atoms with Gasteiger partial charge < -0.3 is 10.4 Å². The molecule has 2 nitrogen and oxygen atoms in total. The second-order valence-corrected chi connectivity index (χ2v) is 5.89. The second kappa shape index (κ2) is 6.91. The highest BCUT2D eigenvalue weighted by Gasteiger charge is 2.22. The van der Waals surface area contributed by atoms with Crippen LogP contribution in [0.2, 0.25) is 0 Å². The molecular weight excluding hydrogens is 270 g/mol. The third kappa shape index (κ3) is 3.13. The van der Waals surface area contributed by atoms with Gasteiger partial charge in [-0.1, -0.05) is 60.7 Å². The van der Waals surface area contributed by atoms with Crippen LogP contribution in [0.3, 0.4) is 0 Å². The lowest BCUT2D eigenvalue weighted by Gasteiger charge is -2.24. The Balaban J connectivity index is 1.98. The minimum atomic E-state index is -0.501. The lowest BCUT2D eigenvalue weighted by atomic mass is 9.88. The summed E-state index contributed by atoms with van der Waals surface area (Å²) in [5.74, 6) is 0.0491. The Hall–Kier alpha value is -1.90. The molecule has 0 bridgehead atoms. The molecule has 0 aliphatic heterocycles. The van der Waals surface area contributed by atoms with E-state index in [0.29, 0.717) is 0 Å². The minimum absolute atomic E-state index is 0.0491. The average molecular weight is 293 g/mol. The zero-order valence-corrected chi connectivity index (χ0v) is 13.0. The predicted molar refractivity (Wildman–Crippen MR) is 91.9 cm³/mol. The fourth-order valence-electron chi connectivity index (χ4n) is 3.18. The number of hydrogen-bond acceptors (Lipinski definition) is 2. The fraction of sp³-hybridized carbons (Fsp3) is 0.300. The van der Waals surface area contributed by atoms with Crippen LogP contribution in [0.25, 0.3) is 12.2 Å². The van der Waals surface area contributed by atoms with Crippen molar-refractivity contribution in [2.75, 3.05) is 13.6 Å². The van der Waals surface area contributed by atoms with E-state index in [4.69, 9.17) is 0 Å². The Labute approximate surface area is 131 Å². The Morgan fingerprint density at radius 3 is 2.41 bits per heavy atom. The summed E-state index contributed by atoms with van der Waals surface area (Å²) in [7, 11) is 1.93. The molecule has 0 spiro atoms. The number of likely N-dealkylation sites (N-methyl/N-ethyl adjacent to an activating group) is 1. The van der Waals surface area contributed by atoms with Crippen LogP contribution in [-0.2, 0) is 0 Å². The summed E-state index contributed by atoms with van der Waals surface area (Å²) in [6, 6.07) is 16.5. The number of hydrogen-bond donors (Lipinski definition) is 2. The molecule has 114 valence electrons. The van der Waals surface area contributed by atoms with Crippen molar-refractivity contribution in [3.63, 3.8) is 0 Å². The van der Waals surface area contributed by atoms with E-state index in [1.54, 1.807) is 0 Å². The Kier molecular flexibility index (Phi) is 4.71. The normalized spacial score (nSPS) is 16.1. The molecule has 0 radical (unpaired) electrons. The largest absolute Gasteiger partial charge is 0.388 e. The molecule has 0 saturated heterocycles. The molecule has 2 aromatic rings. The Bertz CT molecular complexity index is 736. The van der Waals surface area contributed by atoms with Crippen molar-refractivity contribution in [3.8, 4) is 0 Å². The Morgan fingerprint density at radius 1 is 0.955 bits per heavy atom. The maximum atomic E-state index is 10.8. The van der Waals surface area contributed by atoms with Crippen LogP contribution in [0.1, 0.15) is 36.0 Å². The summed E-state index contributed by atoms with van der Waals surface area (Å²) in [5.41, 5.74) is 2.16. The van der Waals surface area contributed by atoms with Gasteiger partial charge in [-0.3, -0.25) is 0 Å². The predicted octanol–water partition coefficient (Wildman–Crippen LogP) is 2.08. The van der Waals surface area contributed by atoms with Crippen molar-refractivity contribution in [1.29, 1.82) is 0 Å². The van der Waals surface area contributed by atoms with Gasteiger partial charge in [-0.2, -0.15) is 0 Å². The first-order valence-electron chi connectivity index (χ1n) is 7.97. The molecule has 22 heavy (non-hydrogen) atoms.